The third-order valence-electron chi connectivity index (χ3n) is 3.13. The predicted octanol–water partition coefficient (Wildman–Crippen LogP) is 3.99. The average Bonchev–Trinajstić information content (AvgIpc) is 2.44. The first kappa shape index (κ1) is 14.5. The van der Waals surface area contributed by atoms with E-state index in [1.54, 1.807) is 12.3 Å². The minimum Gasteiger partial charge on any atom is -0.438 e. The highest BCUT2D eigenvalue weighted by atomic mass is 19.1. The largest absolute Gasteiger partial charge is 0.438 e. The van der Waals surface area contributed by atoms with Gasteiger partial charge < -0.3 is 10.1 Å². The zero-order valence-corrected chi connectivity index (χ0v) is 12.0. The number of ether oxygens (including phenoxy) is 1. The number of rotatable bonds is 5. The Labute approximate surface area is 118 Å². The second kappa shape index (κ2) is 6.48. The molecule has 20 heavy (non-hydrogen) atoms. The summed E-state index contributed by atoms with van der Waals surface area (Å²) in [4.78, 5) is 4.26. The van der Waals surface area contributed by atoms with Gasteiger partial charge in [0.25, 0.3) is 0 Å². The van der Waals surface area contributed by atoms with Crippen LogP contribution < -0.4 is 10.1 Å². The molecule has 1 unspecified atom stereocenters. The van der Waals surface area contributed by atoms with Gasteiger partial charge in [-0.25, -0.2) is 9.37 Å². The second-order valence-corrected chi connectivity index (χ2v) is 4.69. The van der Waals surface area contributed by atoms with E-state index in [0.717, 1.165) is 17.7 Å². The van der Waals surface area contributed by atoms with Crippen LogP contribution in [0.3, 0.4) is 0 Å². The summed E-state index contributed by atoms with van der Waals surface area (Å²) in [6.07, 6.45) is 1.67. The Bertz CT molecular complexity index is 586. The van der Waals surface area contributed by atoms with Crippen molar-refractivity contribution in [1.82, 2.24) is 10.3 Å². The molecule has 0 amide bonds. The Morgan fingerprint density at radius 3 is 2.90 bits per heavy atom. The van der Waals surface area contributed by atoms with Crippen LogP contribution in [0.5, 0.6) is 11.6 Å². The summed E-state index contributed by atoms with van der Waals surface area (Å²) in [6.45, 7) is 6.83. The maximum Gasteiger partial charge on any atom is 0.223 e. The fourth-order valence-electron chi connectivity index (χ4n) is 2.02. The van der Waals surface area contributed by atoms with Crippen LogP contribution in [0.25, 0.3) is 0 Å². The minimum atomic E-state index is -0.317. The van der Waals surface area contributed by atoms with E-state index in [2.05, 4.69) is 10.3 Å². The number of nitrogens with one attached hydrogen (secondary N) is 1. The molecular weight excluding hydrogens is 255 g/mol. The van der Waals surface area contributed by atoms with Crippen molar-refractivity contribution >= 4 is 0 Å². The van der Waals surface area contributed by atoms with Crippen molar-refractivity contribution in [3.63, 3.8) is 0 Å². The molecular formula is C16H19FN2O. The van der Waals surface area contributed by atoms with Crippen molar-refractivity contribution in [3.05, 3.63) is 53.5 Å². The molecule has 0 saturated carbocycles. The van der Waals surface area contributed by atoms with Crippen LogP contribution in [0, 0.1) is 12.7 Å². The van der Waals surface area contributed by atoms with E-state index >= 15 is 0 Å². The molecule has 0 aliphatic rings. The lowest BCUT2D eigenvalue weighted by Gasteiger charge is -2.17. The van der Waals surface area contributed by atoms with Gasteiger partial charge in [-0.2, -0.15) is 0 Å². The van der Waals surface area contributed by atoms with Gasteiger partial charge in [-0.1, -0.05) is 19.1 Å². The smallest absolute Gasteiger partial charge is 0.223 e. The lowest BCUT2D eigenvalue weighted by atomic mass is 10.1. The summed E-state index contributed by atoms with van der Waals surface area (Å²) in [5.74, 6) is 0.686. The summed E-state index contributed by atoms with van der Waals surface area (Å²) in [7, 11) is 0. The number of hydrogen-bond acceptors (Lipinski definition) is 3. The highest BCUT2D eigenvalue weighted by Gasteiger charge is 2.13. The molecule has 0 bridgehead atoms. The van der Waals surface area contributed by atoms with Crippen molar-refractivity contribution in [3.8, 4) is 11.6 Å². The summed E-state index contributed by atoms with van der Waals surface area (Å²) in [5, 5.41) is 3.32. The Hall–Kier alpha value is -1.94. The van der Waals surface area contributed by atoms with Gasteiger partial charge in [0, 0.05) is 23.9 Å². The van der Waals surface area contributed by atoms with E-state index in [4.69, 9.17) is 4.74 Å². The van der Waals surface area contributed by atoms with Crippen molar-refractivity contribution in [2.75, 3.05) is 6.54 Å². The molecule has 0 fully saturated rings. The van der Waals surface area contributed by atoms with E-state index in [1.165, 1.54) is 12.1 Å². The normalized spacial score (nSPS) is 12.2. The van der Waals surface area contributed by atoms with Crippen LogP contribution in [0.2, 0.25) is 0 Å². The Kier molecular flexibility index (Phi) is 4.69. The molecule has 0 aliphatic heterocycles. The zero-order chi connectivity index (χ0) is 14.5. The standard InChI is InChI=1S/C16H19FN2O/c1-4-18-12(3)14-6-5-9-19-16(14)20-15-10-13(17)8-7-11(15)2/h5-10,12,18H,4H2,1-3H3. The molecule has 3 nitrogen and oxygen atoms in total. The monoisotopic (exact) mass is 274 g/mol. The average molecular weight is 274 g/mol. The molecule has 1 atom stereocenters. The summed E-state index contributed by atoms with van der Waals surface area (Å²) >= 11 is 0. The quantitative estimate of drug-likeness (QED) is 0.895. The fourth-order valence-corrected chi connectivity index (χ4v) is 2.02. The summed E-state index contributed by atoms with van der Waals surface area (Å²) in [5.41, 5.74) is 1.83. The molecule has 2 rings (SSSR count). The molecule has 0 saturated heterocycles. The van der Waals surface area contributed by atoms with E-state index in [9.17, 15) is 4.39 Å². The maximum atomic E-state index is 13.3. The van der Waals surface area contributed by atoms with Crippen LogP contribution in [-0.2, 0) is 0 Å². The Morgan fingerprint density at radius 1 is 1.35 bits per heavy atom. The van der Waals surface area contributed by atoms with E-state index in [-0.39, 0.29) is 11.9 Å². The first-order valence-corrected chi connectivity index (χ1v) is 6.74. The van der Waals surface area contributed by atoms with E-state index < -0.39 is 0 Å². The molecule has 106 valence electrons. The van der Waals surface area contributed by atoms with Crippen LogP contribution in [-0.4, -0.2) is 11.5 Å². The molecule has 2 aromatic rings. The number of pyridine rings is 1. The molecule has 0 radical (unpaired) electrons. The van der Waals surface area contributed by atoms with Crippen molar-refractivity contribution < 1.29 is 9.13 Å². The summed E-state index contributed by atoms with van der Waals surface area (Å²) < 4.78 is 19.1. The zero-order valence-electron chi connectivity index (χ0n) is 12.0. The van der Waals surface area contributed by atoms with Crippen molar-refractivity contribution in [2.24, 2.45) is 0 Å². The van der Waals surface area contributed by atoms with Gasteiger partial charge in [-0.15, -0.1) is 0 Å². The van der Waals surface area contributed by atoms with Gasteiger partial charge in [0.2, 0.25) is 5.88 Å². The SMILES string of the molecule is CCNC(C)c1cccnc1Oc1cc(F)ccc1C. The van der Waals surface area contributed by atoms with E-state index in [0.29, 0.717) is 11.6 Å². The third-order valence-corrected chi connectivity index (χ3v) is 3.13. The lowest BCUT2D eigenvalue weighted by molar-refractivity contribution is 0.437. The molecule has 1 aromatic carbocycles. The number of nitrogens with zero attached hydrogens (tertiary/aromatic N) is 1. The van der Waals surface area contributed by atoms with Crippen LogP contribution in [0.4, 0.5) is 4.39 Å². The molecule has 4 heteroatoms. The van der Waals surface area contributed by atoms with E-state index in [1.807, 2.05) is 32.9 Å². The van der Waals surface area contributed by atoms with Crippen LogP contribution >= 0.6 is 0 Å². The van der Waals surface area contributed by atoms with Crippen LogP contribution in [0.15, 0.2) is 36.5 Å². The highest BCUT2D eigenvalue weighted by molar-refractivity contribution is 5.38. The Balaban J connectivity index is 2.31. The first-order valence-electron chi connectivity index (χ1n) is 6.74. The number of hydrogen-bond donors (Lipinski definition) is 1. The van der Waals surface area contributed by atoms with Gasteiger partial charge in [-0.05, 0) is 38.1 Å². The second-order valence-electron chi connectivity index (χ2n) is 4.69. The predicted molar refractivity (Wildman–Crippen MR) is 77.5 cm³/mol. The maximum absolute atomic E-state index is 13.3. The van der Waals surface area contributed by atoms with Gasteiger partial charge >= 0.3 is 0 Å². The number of benzene rings is 1. The number of halogens is 1. The molecule has 1 aromatic heterocycles. The van der Waals surface area contributed by atoms with Gasteiger partial charge in [-0.3, -0.25) is 0 Å². The van der Waals surface area contributed by atoms with Crippen molar-refractivity contribution in [2.45, 2.75) is 26.8 Å². The Morgan fingerprint density at radius 2 is 2.15 bits per heavy atom. The number of aromatic nitrogens is 1. The first-order chi connectivity index (χ1) is 9.61. The molecule has 0 spiro atoms. The van der Waals surface area contributed by atoms with Gasteiger partial charge in [0.1, 0.15) is 11.6 Å². The number of aryl methyl sites for hydroxylation is 1. The molecule has 1 heterocycles. The highest BCUT2D eigenvalue weighted by Crippen LogP contribution is 2.29. The molecule has 1 N–H and O–H groups in total. The minimum absolute atomic E-state index is 0.123. The molecule has 0 aliphatic carbocycles. The fraction of sp³-hybridized carbons (Fsp3) is 0.312. The van der Waals surface area contributed by atoms with Gasteiger partial charge in [0.15, 0.2) is 0 Å². The third kappa shape index (κ3) is 3.33. The van der Waals surface area contributed by atoms with Gasteiger partial charge in [0.05, 0.1) is 0 Å². The lowest BCUT2D eigenvalue weighted by Crippen LogP contribution is -2.18. The summed E-state index contributed by atoms with van der Waals surface area (Å²) in [6, 6.07) is 8.45. The van der Waals surface area contributed by atoms with Crippen molar-refractivity contribution in [1.29, 1.82) is 0 Å². The van der Waals surface area contributed by atoms with Crippen LogP contribution in [0.1, 0.15) is 31.0 Å². The topological polar surface area (TPSA) is 34.2 Å².